The molecule has 1 unspecified atom stereocenters. The number of nitrogens with zero attached hydrogens (tertiary/aromatic N) is 2. The number of para-hydroxylation sites is 1. The molecule has 0 aliphatic carbocycles. The number of primary sulfonamides is 1. The van der Waals surface area contributed by atoms with Crippen LogP contribution in [0.3, 0.4) is 0 Å². The molecule has 0 radical (unpaired) electrons. The molecule has 112 valence electrons. The van der Waals surface area contributed by atoms with E-state index in [0.717, 1.165) is 38.3 Å². The molecule has 1 aliphatic rings. The molecule has 1 aromatic carbocycles. The van der Waals surface area contributed by atoms with Crippen molar-refractivity contribution in [3.8, 4) is 0 Å². The molecule has 1 saturated heterocycles. The average molecular weight is 297 g/mol. The Labute approximate surface area is 121 Å². The van der Waals surface area contributed by atoms with E-state index in [2.05, 4.69) is 23.6 Å². The average Bonchev–Trinajstić information content (AvgIpc) is 2.46. The number of sulfonamides is 1. The number of hydrogen-bond donors (Lipinski definition) is 1. The molecule has 5 nitrogen and oxygen atoms in total. The molecule has 0 bridgehead atoms. The summed E-state index contributed by atoms with van der Waals surface area (Å²) in [5.41, 5.74) is 0.721. The van der Waals surface area contributed by atoms with Gasteiger partial charge in [0.05, 0.1) is 5.69 Å². The van der Waals surface area contributed by atoms with Crippen molar-refractivity contribution in [1.82, 2.24) is 4.90 Å². The van der Waals surface area contributed by atoms with Crippen LogP contribution in [0.1, 0.15) is 20.3 Å². The first-order chi connectivity index (χ1) is 9.43. The zero-order valence-corrected chi connectivity index (χ0v) is 12.9. The maximum atomic E-state index is 11.7. The highest BCUT2D eigenvalue weighted by molar-refractivity contribution is 7.89. The second-order valence-corrected chi connectivity index (χ2v) is 6.82. The van der Waals surface area contributed by atoms with Gasteiger partial charge in [0.2, 0.25) is 10.0 Å². The summed E-state index contributed by atoms with van der Waals surface area (Å²) in [6.07, 6.45) is 1.13. The number of rotatable bonds is 4. The normalized spacial score (nSPS) is 19.1. The summed E-state index contributed by atoms with van der Waals surface area (Å²) in [6.45, 7) is 7.98. The first kappa shape index (κ1) is 15.3. The van der Waals surface area contributed by atoms with E-state index in [-0.39, 0.29) is 4.90 Å². The zero-order valence-electron chi connectivity index (χ0n) is 12.1. The van der Waals surface area contributed by atoms with Crippen molar-refractivity contribution in [2.45, 2.75) is 31.2 Å². The standard InChI is InChI=1S/C14H23N3O2S/c1-3-12(2)16-8-10-17(11-9-16)13-6-4-5-7-14(13)20(15,18)19/h4-7,12H,3,8-11H2,1-2H3,(H2,15,18,19). The molecule has 1 aliphatic heterocycles. The van der Waals surface area contributed by atoms with Crippen LogP contribution < -0.4 is 10.0 Å². The predicted molar refractivity (Wildman–Crippen MR) is 81.4 cm³/mol. The Bertz CT molecular complexity index is 551. The fourth-order valence-corrected chi connectivity index (χ4v) is 3.38. The molecule has 20 heavy (non-hydrogen) atoms. The summed E-state index contributed by atoms with van der Waals surface area (Å²) in [6, 6.07) is 7.54. The molecule has 2 N–H and O–H groups in total. The van der Waals surface area contributed by atoms with Gasteiger partial charge in [0, 0.05) is 32.2 Å². The van der Waals surface area contributed by atoms with Gasteiger partial charge in [-0.2, -0.15) is 0 Å². The van der Waals surface area contributed by atoms with Crippen LogP contribution in [-0.2, 0) is 10.0 Å². The largest absolute Gasteiger partial charge is 0.368 e. The molecule has 0 aromatic heterocycles. The second-order valence-electron chi connectivity index (χ2n) is 5.29. The Morgan fingerprint density at radius 3 is 2.35 bits per heavy atom. The van der Waals surface area contributed by atoms with E-state index in [0.29, 0.717) is 6.04 Å². The van der Waals surface area contributed by atoms with Gasteiger partial charge in [0.25, 0.3) is 0 Å². The van der Waals surface area contributed by atoms with Crippen molar-refractivity contribution in [1.29, 1.82) is 0 Å². The van der Waals surface area contributed by atoms with E-state index < -0.39 is 10.0 Å². The van der Waals surface area contributed by atoms with E-state index in [1.54, 1.807) is 12.1 Å². The molecule has 2 rings (SSSR count). The van der Waals surface area contributed by atoms with Gasteiger partial charge in [-0.1, -0.05) is 19.1 Å². The summed E-state index contributed by atoms with van der Waals surface area (Å²) in [5.74, 6) is 0. The SMILES string of the molecule is CCC(C)N1CCN(c2ccccc2S(N)(=O)=O)CC1. The lowest BCUT2D eigenvalue weighted by atomic mass is 10.1. The van der Waals surface area contributed by atoms with Crippen LogP contribution in [0, 0.1) is 0 Å². The van der Waals surface area contributed by atoms with Crippen molar-refractivity contribution in [3.05, 3.63) is 24.3 Å². The Morgan fingerprint density at radius 1 is 1.20 bits per heavy atom. The van der Waals surface area contributed by atoms with Crippen molar-refractivity contribution in [2.75, 3.05) is 31.1 Å². The van der Waals surface area contributed by atoms with Crippen LogP contribution in [0.25, 0.3) is 0 Å². The highest BCUT2D eigenvalue weighted by atomic mass is 32.2. The fourth-order valence-electron chi connectivity index (χ4n) is 2.62. The molecule has 1 atom stereocenters. The van der Waals surface area contributed by atoms with Gasteiger partial charge in [-0.05, 0) is 25.5 Å². The number of anilines is 1. The van der Waals surface area contributed by atoms with E-state index >= 15 is 0 Å². The van der Waals surface area contributed by atoms with E-state index in [9.17, 15) is 8.42 Å². The fraction of sp³-hybridized carbons (Fsp3) is 0.571. The summed E-state index contributed by atoms with van der Waals surface area (Å²) >= 11 is 0. The van der Waals surface area contributed by atoms with Gasteiger partial charge in [-0.25, -0.2) is 13.6 Å². The lowest BCUT2D eigenvalue weighted by molar-refractivity contribution is 0.192. The number of hydrogen-bond acceptors (Lipinski definition) is 4. The van der Waals surface area contributed by atoms with Gasteiger partial charge in [-0.15, -0.1) is 0 Å². The topological polar surface area (TPSA) is 66.6 Å². The molecule has 0 amide bonds. The van der Waals surface area contributed by atoms with Crippen molar-refractivity contribution < 1.29 is 8.42 Å². The predicted octanol–water partition coefficient (Wildman–Crippen LogP) is 1.25. The summed E-state index contributed by atoms with van der Waals surface area (Å²) in [7, 11) is -3.67. The Balaban J connectivity index is 2.16. The number of nitrogens with two attached hydrogens (primary N) is 1. The highest BCUT2D eigenvalue weighted by Crippen LogP contribution is 2.25. The van der Waals surface area contributed by atoms with Gasteiger partial charge in [0.1, 0.15) is 4.90 Å². The van der Waals surface area contributed by atoms with Crippen LogP contribution >= 0.6 is 0 Å². The molecule has 1 fully saturated rings. The van der Waals surface area contributed by atoms with Crippen LogP contribution in [-0.4, -0.2) is 45.5 Å². The maximum absolute atomic E-state index is 11.7. The molecule has 1 aromatic rings. The van der Waals surface area contributed by atoms with Crippen LogP contribution in [0.5, 0.6) is 0 Å². The quantitative estimate of drug-likeness (QED) is 0.908. The lowest BCUT2D eigenvalue weighted by Gasteiger charge is -2.39. The first-order valence-corrected chi connectivity index (χ1v) is 8.59. The molecule has 6 heteroatoms. The third kappa shape index (κ3) is 3.31. The van der Waals surface area contributed by atoms with Gasteiger partial charge < -0.3 is 4.90 Å². The molecular weight excluding hydrogens is 274 g/mol. The molecule has 1 heterocycles. The highest BCUT2D eigenvalue weighted by Gasteiger charge is 2.24. The molecular formula is C14H23N3O2S. The zero-order chi connectivity index (χ0) is 14.8. The van der Waals surface area contributed by atoms with Crippen LogP contribution in [0.4, 0.5) is 5.69 Å². The minimum Gasteiger partial charge on any atom is -0.368 e. The van der Waals surface area contributed by atoms with Gasteiger partial charge in [0.15, 0.2) is 0 Å². The smallest absolute Gasteiger partial charge is 0.240 e. The Morgan fingerprint density at radius 2 is 1.80 bits per heavy atom. The lowest BCUT2D eigenvalue weighted by Crippen LogP contribution is -2.49. The second kappa shape index (κ2) is 6.11. The summed E-state index contributed by atoms with van der Waals surface area (Å²) in [4.78, 5) is 4.77. The van der Waals surface area contributed by atoms with Crippen LogP contribution in [0.2, 0.25) is 0 Å². The first-order valence-electron chi connectivity index (χ1n) is 7.04. The summed E-state index contributed by atoms with van der Waals surface area (Å²) < 4.78 is 23.3. The molecule has 0 spiro atoms. The van der Waals surface area contributed by atoms with Gasteiger partial charge in [-0.3, -0.25) is 4.90 Å². The van der Waals surface area contributed by atoms with Crippen molar-refractivity contribution >= 4 is 15.7 Å². The number of piperazine rings is 1. The monoisotopic (exact) mass is 297 g/mol. The maximum Gasteiger partial charge on any atom is 0.240 e. The van der Waals surface area contributed by atoms with Gasteiger partial charge >= 0.3 is 0 Å². The van der Waals surface area contributed by atoms with Crippen LogP contribution in [0.15, 0.2) is 29.2 Å². The van der Waals surface area contributed by atoms with E-state index in [1.807, 2.05) is 12.1 Å². The van der Waals surface area contributed by atoms with Crippen molar-refractivity contribution in [3.63, 3.8) is 0 Å². The minimum atomic E-state index is -3.67. The number of benzene rings is 1. The Kier molecular flexibility index (Phi) is 4.67. The Hall–Kier alpha value is -1.11. The van der Waals surface area contributed by atoms with E-state index in [1.165, 1.54) is 0 Å². The third-order valence-corrected chi connectivity index (χ3v) is 5.00. The van der Waals surface area contributed by atoms with E-state index in [4.69, 9.17) is 5.14 Å². The molecule has 0 saturated carbocycles. The third-order valence-electron chi connectivity index (χ3n) is 4.04. The van der Waals surface area contributed by atoms with Crippen molar-refractivity contribution in [2.24, 2.45) is 5.14 Å². The minimum absolute atomic E-state index is 0.219. The summed E-state index contributed by atoms with van der Waals surface area (Å²) in [5, 5.41) is 5.30.